The fourth-order valence-corrected chi connectivity index (χ4v) is 3.55. The molecule has 1 aliphatic rings. The van der Waals surface area contributed by atoms with E-state index >= 15 is 0 Å². The highest BCUT2D eigenvalue weighted by Crippen LogP contribution is 2.19. The Balaban J connectivity index is 1.53. The predicted molar refractivity (Wildman–Crippen MR) is 98.6 cm³/mol. The molecule has 2 heterocycles. The molecule has 146 valence electrons. The van der Waals surface area contributed by atoms with Crippen LogP contribution in [0.1, 0.15) is 34.6 Å². The average molecular weight is 375 g/mol. The average Bonchev–Trinajstić information content (AvgIpc) is 2.92. The van der Waals surface area contributed by atoms with Crippen molar-refractivity contribution in [2.45, 2.75) is 52.3 Å². The molecule has 2 atom stereocenters. The molecule has 7 heteroatoms. The Bertz CT molecular complexity index is 801. The van der Waals surface area contributed by atoms with Crippen molar-refractivity contribution in [3.8, 4) is 0 Å². The molecule has 2 N–H and O–H groups in total. The summed E-state index contributed by atoms with van der Waals surface area (Å²) in [5.74, 6) is 0.331. The van der Waals surface area contributed by atoms with Crippen LogP contribution in [-0.4, -0.2) is 46.3 Å². The van der Waals surface area contributed by atoms with Gasteiger partial charge in [0, 0.05) is 25.2 Å². The summed E-state index contributed by atoms with van der Waals surface area (Å²) >= 11 is 0. The molecule has 1 saturated heterocycles. The van der Waals surface area contributed by atoms with Crippen molar-refractivity contribution in [2.24, 2.45) is 0 Å². The minimum absolute atomic E-state index is 0.159. The third-order valence-corrected chi connectivity index (χ3v) is 5.23. The van der Waals surface area contributed by atoms with Gasteiger partial charge in [-0.1, -0.05) is 11.2 Å². The number of nitrogens with zero attached hydrogens (tertiary/aromatic N) is 2. The van der Waals surface area contributed by atoms with Gasteiger partial charge in [-0.05, 0) is 50.5 Å². The fourth-order valence-electron chi connectivity index (χ4n) is 3.55. The Labute approximate surface area is 158 Å². The number of aromatic nitrogens is 1. The molecule has 2 aromatic rings. The van der Waals surface area contributed by atoms with E-state index in [4.69, 9.17) is 4.52 Å². The molecule has 3 rings (SSSR count). The van der Waals surface area contributed by atoms with Crippen molar-refractivity contribution in [2.75, 3.05) is 13.1 Å². The third kappa shape index (κ3) is 4.73. The fraction of sp³-hybridized carbons (Fsp3) is 0.500. The van der Waals surface area contributed by atoms with Crippen LogP contribution in [-0.2, 0) is 17.8 Å². The summed E-state index contributed by atoms with van der Waals surface area (Å²) in [6.45, 7) is 7.50. The molecule has 0 aliphatic carbocycles. The number of carbonyl (C=O) groups is 1. The van der Waals surface area contributed by atoms with Crippen LogP contribution in [0.2, 0.25) is 0 Å². The number of carbonyl (C=O) groups excluding carboxylic acids is 1. The van der Waals surface area contributed by atoms with E-state index in [2.05, 4.69) is 15.4 Å². The van der Waals surface area contributed by atoms with Gasteiger partial charge >= 0.3 is 0 Å². The second-order valence-electron chi connectivity index (χ2n) is 7.32. The minimum atomic E-state index is -0.641. The summed E-state index contributed by atoms with van der Waals surface area (Å²) in [6.07, 6.45) is 0.203. The summed E-state index contributed by atoms with van der Waals surface area (Å²) < 4.78 is 18.4. The first-order chi connectivity index (χ1) is 12.8. The maximum atomic E-state index is 13.2. The van der Waals surface area contributed by atoms with Crippen molar-refractivity contribution in [1.29, 1.82) is 0 Å². The monoisotopic (exact) mass is 375 g/mol. The molecule has 0 radical (unpaired) electrons. The smallest absolute Gasteiger partial charge is 0.224 e. The Morgan fingerprint density at radius 3 is 2.81 bits per heavy atom. The Kier molecular flexibility index (Phi) is 5.92. The van der Waals surface area contributed by atoms with Crippen molar-refractivity contribution in [3.05, 3.63) is 52.2 Å². The summed E-state index contributed by atoms with van der Waals surface area (Å²) in [4.78, 5) is 14.5. The Morgan fingerprint density at radius 2 is 2.19 bits per heavy atom. The number of benzene rings is 1. The van der Waals surface area contributed by atoms with Gasteiger partial charge in [-0.25, -0.2) is 4.39 Å². The lowest BCUT2D eigenvalue weighted by molar-refractivity contribution is -0.122. The number of hydrogen-bond acceptors (Lipinski definition) is 5. The molecule has 1 aromatic heterocycles. The third-order valence-electron chi connectivity index (χ3n) is 5.23. The number of likely N-dealkylation sites (tertiary alicyclic amines) is 1. The van der Waals surface area contributed by atoms with E-state index in [9.17, 15) is 14.3 Å². The lowest BCUT2D eigenvalue weighted by Gasteiger charge is -2.36. The topological polar surface area (TPSA) is 78.6 Å². The number of piperidine rings is 1. The molecular formula is C20H26FN3O3. The summed E-state index contributed by atoms with van der Waals surface area (Å²) in [5, 5.41) is 17.4. The normalized spacial score (nSPS) is 20.6. The van der Waals surface area contributed by atoms with Gasteiger partial charge in [0.2, 0.25) is 5.91 Å². The van der Waals surface area contributed by atoms with E-state index < -0.39 is 6.10 Å². The van der Waals surface area contributed by atoms with E-state index in [1.165, 1.54) is 12.1 Å². The number of hydrogen-bond donors (Lipinski definition) is 2. The van der Waals surface area contributed by atoms with E-state index in [-0.39, 0.29) is 24.2 Å². The number of amides is 1. The Hall–Kier alpha value is -2.25. The van der Waals surface area contributed by atoms with Gasteiger partial charge in [0.15, 0.2) is 0 Å². The highest BCUT2D eigenvalue weighted by atomic mass is 19.1. The number of aryl methyl sites for hydroxylation is 3. The Morgan fingerprint density at radius 1 is 1.41 bits per heavy atom. The quantitative estimate of drug-likeness (QED) is 0.836. The predicted octanol–water partition coefficient (Wildman–Crippen LogP) is 2.03. The minimum Gasteiger partial charge on any atom is -0.390 e. The summed E-state index contributed by atoms with van der Waals surface area (Å²) in [6, 6.07) is 4.13. The highest BCUT2D eigenvalue weighted by molar-refractivity contribution is 5.79. The zero-order chi connectivity index (χ0) is 19.6. The molecule has 1 fully saturated rings. The number of rotatable bonds is 5. The van der Waals surface area contributed by atoms with Crippen molar-refractivity contribution in [3.63, 3.8) is 0 Å². The van der Waals surface area contributed by atoms with Gasteiger partial charge in [0.1, 0.15) is 11.6 Å². The number of aliphatic hydroxyl groups is 1. The molecule has 0 spiro atoms. The van der Waals surface area contributed by atoms with Gasteiger partial charge in [-0.2, -0.15) is 0 Å². The molecule has 0 saturated carbocycles. The van der Waals surface area contributed by atoms with Crippen LogP contribution in [0.4, 0.5) is 4.39 Å². The molecule has 27 heavy (non-hydrogen) atoms. The van der Waals surface area contributed by atoms with E-state index in [0.29, 0.717) is 19.5 Å². The number of halogens is 1. The van der Waals surface area contributed by atoms with E-state index in [0.717, 1.165) is 34.7 Å². The summed E-state index contributed by atoms with van der Waals surface area (Å²) in [5.41, 5.74) is 3.46. The van der Waals surface area contributed by atoms with E-state index in [1.807, 2.05) is 13.8 Å². The SMILES string of the molecule is Cc1cc(F)ccc1CC(=O)N[C@@H]1CCN(Cc2c(C)noc2C)C[C@H]1O. The lowest BCUT2D eigenvalue weighted by atomic mass is 9.99. The van der Waals surface area contributed by atoms with Crippen molar-refractivity contribution in [1.82, 2.24) is 15.4 Å². The first-order valence-corrected chi connectivity index (χ1v) is 9.20. The summed E-state index contributed by atoms with van der Waals surface area (Å²) in [7, 11) is 0. The van der Waals surface area contributed by atoms with Gasteiger partial charge in [-0.15, -0.1) is 0 Å². The van der Waals surface area contributed by atoms with Gasteiger partial charge in [-0.3, -0.25) is 9.69 Å². The standard InChI is InChI=1S/C20H26FN3O3/c1-12-8-16(21)5-4-15(12)9-20(26)22-18-6-7-24(11-19(18)25)10-17-13(2)23-27-14(17)3/h4-5,8,18-19,25H,6-7,9-11H2,1-3H3,(H,22,26)/t18-,19-/m1/s1. The molecule has 1 amide bonds. The zero-order valence-corrected chi connectivity index (χ0v) is 16.0. The first kappa shape index (κ1) is 19.5. The van der Waals surface area contributed by atoms with Crippen LogP contribution in [0.15, 0.2) is 22.7 Å². The first-order valence-electron chi connectivity index (χ1n) is 9.20. The van der Waals surface area contributed by atoms with Crippen LogP contribution < -0.4 is 5.32 Å². The van der Waals surface area contributed by atoms with Crippen LogP contribution in [0.25, 0.3) is 0 Å². The zero-order valence-electron chi connectivity index (χ0n) is 16.0. The molecular weight excluding hydrogens is 349 g/mol. The molecule has 1 aliphatic heterocycles. The molecule has 1 aromatic carbocycles. The second kappa shape index (κ2) is 8.19. The van der Waals surface area contributed by atoms with Crippen LogP contribution in [0, 0.1) is 26.6 Å². The maximum Gasteiger partial charge on any atom is 0.224 e. The second-order valence-corrected chi connectivity index (χ2v) is 7.32. The number of β-amino-alcohol motifs (C(OH)–C–C–N with tert-alkyl or cyclic N) is 1. The van der Waals surface area contributed by atoms with Gasteiger partial charge in [0.05, 0.1) is 24.3 Å². The van der Waals surface area contributed by atoms with Crippen LogP contribution >= 0.6 is 0 Å². The molecule has 0 unspecified atom stereocenters. The van der Waals surface area contributed by atoms with Gasteiger partial charge in [0.25, 0.3) is 0 Å². The molecule has 0 bridgehead atoms. The van der Waals surface area contributed by atoms with Crippen LogP contribution in [0.5, 0.6) is 0 Å². The number of nitrogens with one attached hydrogen (secondary N) is 1. The van der Waals surface area contributed by atoms with E-state index in [1.54, 1.807) is 13.0 Å². The van der Waals surface area contributed by atoms with Crippen LogP contribution in [0.3, 0.4) is 0 Å². The molecule has 6 nitrogen and oxygen atoms in total. The van der Waals surface area contributed by atoms with Crippen molar-refractivity contribution < 1.29 is 18.8 Å². The lowest BCUT2D eigenvalue weighted by Crippen LogP contribution is -2.54. The van der Waals surface area contributed by atoms with Crippen molar-refractivity contribution >= 4 is 5.91 Å². The number of aliphatic hydroxyl groups excluding tert-OH is 1. The van der Waals surface area contributed by atoms with Gasteiger partial charge < -0.3 is 14.9 Å². The largest absolute Gasteiger partial charge is 0.390 e. The maximum absolute atomic E-state index is 13.2. The highest BCUT2D eigenvalue weighted by Gasteiger charge is 2.29.